The van der Waals surface area contributed by atoms with Crippen molar-refractivity contribution in [3.8, 4) is 17.6 Å². The predicted molar refractivity (Wildman–Crippen MR) is 154 cm³/mol. The van der Waals surface area contributed by atoms with Gasteiger partial charge in [0, 0.05) is 16.3 Å². The Bertz CT molecular complexity index is 1590. The van der Waals surface area contributed by atoms with Gasteiger partial charge in [0.2, 0.25) is 0 Å². The highest BCUT2D eigenvalue weighted by Crippen LogP contribution is 2.38. The molecule has 0 fully saturated rings. The molecule has 0 heterocycles. The Labute approximate surface area is 232 Å². The molecular formula is C31H26Cl2N2O3. The Balaban J connectivity index is 1.62. The summed E-state index contributed by atoms with van der Waals surface area (Å²) in [6, 6.07) is 22.8. The van der Waals surface area contributed by atoms with Gasteiger partial charge in [-0.25, -0.2) is 0 Å². The van der Waals surface area contributed by atoms with E-state index in [9.17, 15) is 10.1 Å². The normalized spacial score (nSPS) is 11.2. The molecule has 0 bridgehead atoms. The molecule has 0 aliphatic carbocycles. The minimum absolute atomic E-state index is 0.0945. The summed E-state index contributed by atoms with van der Waals surface area (Å²) < 4.78 is 12.0. The molecule has 5 nitrogen and oxygen atoms in total. The fourth-order valence-electron chi connectivity index (χ4n) is 4.10. The number of aryl methyl sites for hydroxylation is 1. The topological polar surface area (TPSA) is 71.3 Å². The van der Waals surface area contributed by atoms with Gasteiger partial charge in [0.1, 0.15) is 18.2 Å². The lowest BCUT2D eigenvalue weighted by Crippen LogP contribution is -2.14. The number of hydrogen-bond acceptors (Lipinski definition) is 4. The van der Waals surface area contributed by atoms with Gasteiger partial charge in [-0.3, -0.25) is 4.79 Å². The van der Waals surface area contributed by atoms with Crippen molar-refractivity contribution in [1.29, 1.82) is 5.26 Å². The molecule has 192 valence electrons. The number of amides is 1. The van der Waals surface area contributed by atoms with Crippen molar-refractivity contribution in [2.24, 2.45) is 0 Å². The molecular weight excluding hydrogens is 519 g/mol. The highest BCUT2D eigenvalue weighted by molar-refractivity contribution is 6.32. The van der Waals surface area contributed by atoms with Gasteiger partial charge in [0.15, 0.2) is 11.5 Å². The van der Waals surface area contributed by atoms with E-state index >= 15 is 0 Å². The molecule has 1 N–H and O–H groups in total. The van der Waals surface area contributed by atoms with Crippen molar-refractivity contribution in [3.05, 3.63) is 105 Å². The highest BCUT2D eigenvalue weighted by atomic mass is 35.5. The van der Waals surface area contributed by atoms with Crippen LogP contribution in [-0.4, -0.2) is 12.5 Å². The van der Waals surface area contributed by atoms with Crippen molar-refractivity contribution < 1.29 is 14.3 Å². The fourth-order valence-corrected chi connectivity index (χ4v) is 4.55. The lowest BCUT2D eigenvalue weighted by Gasteiger charge is -2.17. The van der Waals surface area contributed by atoms with Crippen molar-refractivity contribution in [2.45, 2.75) is 27.4 Å². The van der Waals surface area contributed by atoms with Crippen LogP contribution in [0, 0.1) is 25.2 Å². The molecule has 38 heavy (non-hydrogen) atoms. The third kappa shape index (κ3) is 5.94. The lowest BCUT2D eigenvalue weighted by molar-refractivity contribution is -0.112. The van der Waals surface area contributed by atoms with Crippen LogP contribution in [-0.2, 0) is 11.4 Å². The first-order chi connectivity index (χ1) is 18.3. The number of anilines is 1. The van der Waals surface area contributed by atoms with E-state index in [1.807, 2.05) is 32.0 Å². The molecule has 0 atom stereocenters. The summed E-state index contributed by atoms with van der Waals surface area (Å²) >= 11 is 12.8. The first kappa shape index (κ1) is 27.1. The molecule has 4 rings (SSSR count). The average molecular weight is 545 g/mol. The maximum atomic E-state index is 12.8. The van der Waals surface area contributed by atoms with Crippen LogP contribution in [0.25, 0.3) is 16.8 Å². The van der Waals surface area contributed by atoms with Crippen molar-refractivity contribution in [1.82, 2.24) is 0 Å². The van der Waals surface area contributed by atoms with Crippen LogP contribution in [0.15, 0.2) is 72.3 Å². The summed E-state index contributed by atoms with van der Waals surface area (Å²) in [6.45, 7) is 6.38. The number of benzene rings is 4. The van der Waals surface area contributed by atoms with Crippen molar-refractivity contribution >= 4 is 51.6 Å². The van der Waals surface area contributed by atoms with Crippen LogP contribution < -0.4 is 14.8 Å². The summed E-state index contributed by atoms with van der Waals surface area (Å²) in [5.41, 5.74) is 3.85. The number of carbonyl (C=O) groups excluding carboxylic acids is 1. The molecule has 0 unspecified atom stereocenters. The Morgan fingerprint density at radius 2 is 1.79 bits per heavy atom. The quantitative estimate of drug-likeness (QED) is 0.179. The molecule has 0 aliphatic heterocycles. The molecule has 0 saturated carbocycles. The standard InChI is InChI=1S/C31H26Cl2N2O3/c1-4-37-29-16-21(14-23(17-34)31(36)35-28-11-7-10-26(32)20(28)3)15-27(33)30(29)38-18-25-19(2)12-13-22-8-5-6-9-24(22)25/h5-16H,4,18H2,1-3H3,(H,35,36)/b23-14+. The number of halogens is 2. The van der Waals surface area contributed by atoms with Crippen LogP contribution in [0.1, 0.15) is 29.2 Å². The molecule has 0 aliphatic rings. The van der Waals surface area contributed by atoms with Gasteiger partial charge in [0.25, 0.3) is 5.91 Å². The van der Waals surface area contributed by atoms with Crippen molar-refractivity contribution in [3.63, 3.8) is 0 Å². The number of ether oxygens (including phenoxy) is 2. The minimum atomic E-state index is -0.557. The number of fused-ring (bicyclic) bond motifs is 1. The van der Waals surface area contributed by atoms with E-state index in [-0.39, 0.29) is 5.57 Å². The van der Waals surface area contributed by atoms with Gasteiger partial charge in [-0.2, -0.15) is 5.26 Å². The smallest absolute Gasteiger partial charge is 0.266 e. The predicted octanol–water partition coefficient (Wildman–Crippen LogP) is 8.29. The maximum absolute atomic E-state index is 12.8. The number of nitriles is 1. The number of rotatable bonds is 8. The Hall–Kier alpha value is -3.98. The number of carbonyl (C=O) groups is 1. The third-order valence-electron chi connectivity index (χ3n) is 6.16. The monoisotopic (exact) mass is 544 g/mol. The number of nitrogens with one attached hydrogen (secondary N) is 1. The van der Waals surface area contributed by atoms with E-state index in [2.05, 4.69) is 29.6 Å². The van der Waals surface area contributed by atoms with E-state index < -0.39 is 5.91 Å². The van der Waals surface area contributed by atoms with Crippen LogP contribution in [0.3, 0.4) is 0 Å². The number of nitrogens with zero attached hydrogens (tertiary/aromatic N) is 1. The molecule has 4 aromatic carbocycles. The highest BCUT2D eigenvalue weighted by Gasteiger charge is 2.17. The zero-order valence-corrected chi connectivity index (χ0v) is 22.8. The van der Waals surface area contributed by atoms with Gasteiger partial charge < -0.3 is 14.8 Å². The SMILES string of the molecule is CCOc1cc(/C=C(\C#N)C(=O)Nc2cccc(Cl)c2C)cc(Cl)c1OCc1c(C)ccc2ccccc12. The molecule has 7 heteroatoms. The summed E-state index contributed by atoms with van der Waals surface area (Å²) in [6.07, 6.45) is 1.46. The van der Waals surface area contributed by atoms with Gasteiger partial charge in [-0.1, -0.05) is 65.7 Å². The van der Waals surface area contributed by atoms with Gasteiger partial charge in [-0.05, 0) is 78.6 Å². The summed E-state index contributed by atoms with van der Waals surface area (Å²) in [5, 5.41) is 15.5. The zero-order chi connectivity index (χ0) is 27.2. The average Bonchev–Trinajstić information content (AvgIpc) is 2.90. The summed E-state index contributed by atoms with van der Waals surface area (Å²) in [4.78, 5) is 12.8. The van der Waals surface area contributed by atoms with E-state index in [4.69, 9.17) is 32.7 Å². The fraction of sp³-hybridized carbons (Fsp3) is 0.161. The maximum Gasteiger partial charge on any atom is 0.266 e. The molecule has 0 radical (unpaired) electrons. The largest absolute Gasteiger partial charge is 0.490 e. The summed E-state index contributed by atoms with van der Waals surface area (Å²) in [5.74, 6) is 0.266. The van der Waals surface area contributed by atoms with Crippen LogP contribution in [0.2, 0.25) is 10.0 Å². The van der Waals surface area contributed by atoms with Gasteiger partial charge in [-0.15, -0.1) is 0 Å². The Kier molecular flexibility index (Phi) is 8.58. The van der Waals surface area contributed by atoms with Crippen LogP contribution in [0.5, 0.6) is 11.5 Å². The van der Waals surface area contributed by atoms with Crippen LogP contribution in [0.4, 0.5) is 5.69 Å². The second-order valence-electron chi connectivity index (χ2n) is 8.67. The number of hydrogen-bond donors (Lipinski definition) is 1. The molecule has 1 amide bonds. The Morgan fingerprint density at radius 1 is 1.00 bits per heavy atom. The minimum Gasteiger partial charge on any atom is -0.490 e. The second-order valence-corrected chi connectivity index (χ2v) is 9.48. The first-order valence-electron chi connectivity index (χ1n) is 12.1. The van der Waals surface area contributed by atoms with E-state index in [0.29, 0.717) is 51.6 Å². The first-order valence-corrected chi connectivity index (χ1v) is 12.8. The van der Waals surface area contributed by atoms with Crippen LogP contribution >= 0.6 is 23.2 Å². The molecule has 0 saturated heterocycles. The van der Waals surface area contributed by atoms with E-state index in [1.54, 1.807) is 37.3 Å². The van der Waals surface area contributed by atoms with E-state index in [1.165, 1.54) is 6.08 Å². The molecule has 4 aromatic rings. The Morgan fingerprint density at radius 3 is 2.55 bits per heavy atom. The zero-order valence-electron chi connectivity index (χ0n) is 21.3. The molecule has 0 spiro atoms. The summed E-state index contributed by atoms with van der Waals surface area (Å²) in [7, 11) is 0. The van der Waals surface area contributed by atoms with E-state index in [0.717, 1.165) is 21.9 Å². The van der Waals surface area contributed by atoms with Crippen molar-refractivity contribution in [2.75, 3.05) is 11.9 Å². The van der Waals surface area contributed by atoms with Gasteiger partial charge in [0.05, 0.1) is 11.6 Å². The van der Waals surface area contributed by atoms with Gasteiger partial charge >= 0.3 is 0 Å². The second kappa shape index (κ2) is 12.0. The molecule has 0 aromatic heterocycles. The lowest BCUT2D eigenvalue weighted by atomic mass is 10.0. The third-order valence-corrected chi connectivity index (χ3v) is 6.85.